The molecule has 0 aliphatic heterocycles. The van der Waals surface area contributed by atoms with Crippen molar-refractivity contribution in [3.05, 3.63) is 47.5 Å². The number of rotatable bonds is 8. The summed E-state index contributed by atoms with van der Waals surface area (Å²) in [5, 5.41) is 0. The van der Waals surface area contributed by atoms with Gasteiger partial charge < -0.3 is 0 Å². The molecule has 0 N–H and O–H groups in total. The molecule has 0 spiro atoms. The third-order valence-electron chi connectivity index (χ3n) is 5.10. The molecule has 2 atom stereocenters. The van der Waals surface area contributed by atoms with Crippen LogP contribution in [-0.4, -0.2) is 0 Å². The summed E-state index contributed by atoms with van der Waals surface area (Å²) in [5.41, 5.74) is 3.23. The third kappa shape index (κ3) is 5.69. The molecule has 0 saturated heterocycles. The van der Waals surface area contributed by atoms with Crippen LogP contribution in [0, 0.1) is 11.8 Å². The predicted octanol–water partition coefficient (Wildman–Crippen LogP) is 6.56. The van der Waals surface area contributed by atoms with E-state index in [1.54, 1.807) is 5.57 Å². The number of hydrogen-bond donors (Lipinski definition) is 0. The molecule has 0 heterocycles. The van der Waals surface area contributed by atoms with Gasteiger partial charge in [-0.05, 0) is 55.9 Å². The molecule has 0 aromatic heterocycles. The summed E-state index contributed by atoms with van der Waals surface area (Å²) in [4.78, 5) is 0. The predicted molar refractivity (Wildman–Crippen MR) is 93.5 cm³/mol. The van der Waals surface area contributed by atoms with E-state index in [-0.39, 0.29) is 0 Å². The highest BCUT2D eigenvalue weighted by Gasteiger charge is 2.17. The lowest BCUT2D eigenvalue weighted by Gasteiger charge is -2.25. The van der Waals surface area contributed by atoms with E-state index in [0.29, 0.717) is 0 Å². The van der Waals surface area contributed by atoms with Gasteiger partial charge in [0.15, 0.2) is 0 Å². The molecular weight excluding hydrogens is 252 g/mol. The van der Waals surface area contributed by atoms with Crippen molar-refractivity contribution in [3.63, 3.8) is 0 Å². The van der Waals surface area contributed by atoms with E-state index in [1.807, 2.05) is 0 Å². The Balaban J connectivity index is 1.69. The first-order valence-electron chi connectivity index (χ1n) is 9.02. The summed E-state index contributed by atoms with van der Waals surface area (Å²) >= 11 is 0. The van der Waals surface area contributed by atoms with Crippen molar-refractivity contribution in [2.75, 3.05) is 0 Å². The Kier molecular flexibility index (Phi) is 7.06. The van der Waals surface area contributed by atoms with Crippen molar-refractivity contribution < 1.29 is 0 Å². The van der Waals surface area contributed by atoms with Crippen molar-refractivity contribution in [3.8, 4) is 0 Å². The molecular formula is C21H32. The monoisotopic (exact) mass is 284 g/mol. The van der Waals surface area contributed by atoms with Gasteiger partial charge in [-0.2, -0.15) is 0 Å². The number of allylic oxidation sites excluding steroid dienone is 2. The second-order valence-electron chi connectivity index (χ2n) is 6.84. The standard InChI is InChI=1S/C21H32/c1-3-4-10-20-14-16-21(17-15-20)18(2)9-8-13-19-11-6-5-7-12-19/h5-7,11-12,16,18,20H,3-4,8-10,13-15,17H2,1-2H3. The van der Waals surface area contributed by atoms with Crippen LogP contribution in [0.1, 0.15) is 70.8 Å². The Morgan fingerprint density at radius 2 is 1.95 bits per heavy atom. The van der Waals surface area contributed by atoms with Crippen LogP contribution in [0.2, 0.25) is 0 Å². The molecule has 0 bridgehead atoms. The topological polar surface area (TPSA) is 0 Å². The Morgan fingerprint density at radius 1 is 1.14 bits per heavy atom. The fraction of sp³-hybridized carbons (Fsp3) is 0.619. The summed E-state index contributed by atoms with van der Waals surface area (Å²) in [6.45, 7) is 4.74. The van der Waals surface area contributed by atoms with Crippen LogP contribution >= 0.6 is 0 Å². The lowest BCUT2D eigenvalue weighted by atomic mass is 9.81. The van der Waals surface area contributed by atoms with E-state index < -0.39 is 0 Å². The van der Waals surface area contributed by atoms with Crippen molar-refractivity contribution in [2.24, 2.45) is 11.8 Å². The van der Waals surface area contributed by atoms with E-state index in [1.165, 1.54) is 63.4 Å². The summed E-state index contributed by atoms with van der Waals surface area (Å²) < 4.78 is 0. The largest absolute Gasteiger partial charge is 0.0848 e. The molecule has 1 aromatic carbocycles. The fourth-order valence-electron chi connectivity index (χ4n) is 3.55. The van der Waals surface area contributed by atoms with Gasteiger partial charge in [0.2, 0.25) is 0 Å². The number of benzene rings is 1. The minimum Gasteiger partial charge on any atom is -0.0848 e. The molecule has 0 amide bonds. The Morgan fingerprint density at radius 3 is 2.62 bits per heavy atom. The lowest BCUT2D eigenvalue weighted by molar-refractivity contribution is 0.403. The number of unbranched alkanes of at least 4 members (excludes halogenated alkanes) is 1. The van der Waals surface area contributed by atoms with Gasteiger partial charge in [0.05, 0.1) is 0 Å². The fourth-order valence-corrected chi connectivity index (χ4v) is 3.55. The van der Waals surface area contributed by atoms with Crippen LogP contribution in [0.25, 0.3) is 0 Å². The molecule has 0 heteroatoms. The lowest BCUT2D eigenvalue weighted by Crippen LogP contribution is -2.10. The summed E-state index contributed by atoms with van der Waals surface area (Å²) in [6, 6.07) is 10.9. The maximum Gasteiger partial charge on any atom is -0.0232 e. The number of aryl methyl sites for hydroxylation is 1. The SMILES string of the molecule is CCCCC1CC=C(C(C)CCCc2ccccc2)CC1. The molecule has 0 radical (unpaired) electrons. The summed E-state index contributed by atoms with van der Waals surface area (Å²) in [5.74, 6) is 1.77. The molecule has 2 unspecified atom stereocenters. The minimum atomic E-state index is 0.792. The van der Waals surface area contributed by atoms with E-state index >= 15 is 0 Å². The molecule has 1 aliphatic rings. The van der Waals surface area contributed by atoms with E-state index in [0.717, 1.165) is 11.8 Å². The van der Waals surface area contributed by atoms with Crippen LogP contribution < -0.4 is 0 Å². The highest BCUT2D eigenvalue weighted by molar-refractivity contribution is 5.15. The van der Waals surface area contributed by atoms with Crippen LogP contribution in [0.3, 0.4) is 0 Å². The van der Waals surface area contributed by atoms with Crippen molar-refractivity contribution >= 4 is 0 Å². The molecule has 1 aliphatic carbocycles. The van der Waals surface area contributed by atoms with Gasteiger partial charge in [0.1, 0.15) is 0 Å². The zero-order valence-electron chi connectivity index (χ0n) is 14.0. The van der Waals surface area contributed by atoms with Crippen LogP contribution in [0.5, 0.6) is 0 Å². The molecule has 2 rings (SSSR count). The van der Waals surface area contributed by atoms with E-state index in [9.17, 15) is 0 Å². The smallest absolute Gasteiger partial charge is 0.0232 e. The molecule has 21 heavy (non-hydrogen) atoms. The van der Waals surface area contributed by atoms with Crippen molar-refractivity contribution in [2.45, 2.75) is 71.6 Å². The second-order valence-corrected chi connectivity index (χ2v) is 6.84. The maximum absolute atomic E-state index is 2.58. The van der Waals surface area contributed by atoms with Crippen LogP contribution in [0.4, 0.5) is 0 Å². The first-order valence-corrected chi connectivity index (χ1v) is 9.02. The van der Waals surface area contributed by atoms with Gasteiger partial charge in [0, 0.05) is 0 Å². The molecule has 0 saturated carbocycles. The molecule has 116 valence electrons. The molecule has 0 nitrogen and oxygen atoms in total. The average Bonchev–Trinajstić information content (AvgIpc) is 2.54. The molecule has 0 fully saturated rings. The Bertz CT molecular complexity index is 415. The van der Waals surface area contributed by atoms with Gasteiger partial charge in [-0.25, -0.2) is 0 Å². The zero-order chi connectivity index (χ0) is 14.9. The first kappa shape index (κ1) is 16.3. The summed E-state index contributed by atoms with van der Waals surface area (Å²) in [6.07, 6.45) is 14.8. The highest BCUT2D eigenvalue weighted by atomic mass is 14.2. The minimum absolute atomic E-state index is 0.792. The zero-order valence-corrected chi connectivity index (χ0v) is 14.0. The van der Waals surface area contributed by atoms with Gasteiger partial charge in [0.25, 0.3) is 0 Å². The van der Waals surface area contributed by atoms with Gasteiger partial charge in [-0.3, -0.25) is 0 Å². The average molecular weight is 284 g/mol. The van der Waals surface area contributed by atoms with E-state index in [4.69, 9.17) is 0 Å². The quantitative estimate of drug-likeness (QED) is 0.474. The van der Waals surface area contributed by atoms with Gasteiger partial charge >= 0.3 is 0 Å². The summed E-state index contributed by atoms with van der Waals surface area (Å²) in [7, 11) is 0. The Hall–Kier alpha value is -1.04. The maximum atomic E-state index is 2.58. The number of hydrogen-bond acceptors (Lipinski definition) is 0. The van der Waals surface area contributed by atoms with Crippen molar-refractivity contribution in [1.82, 2.24) is 0 Å². The third-order valence-corrected chi connectivity index (χ3v) is 5.10. The normalized spacial score (nSPS) is 20.1. The first-order chi connectivity index (χ1) is 10.3. The van der Waals surface area contributed by atoms with Gasteiger partial charge in [-0.15, -0.1) is 0 Å². The van der Waals surface area contributed by atoms with Crippen LogP contribution in [0.15, 0.2) is 42.0 Å². The second kappa shape index (κ2) is 9.07. The van der Waals surface area contributed by atoms with E-state index in [2.05, 4.69) is 50.3 Å². The Labute approximate surface area is 131 Å². The van der Waals surface area contributed by atoms with Crippen LogP contribution in [-0.2, 0) is 6.42 Å². The van der Waals surface area contributed by atoms with Gasteiger partial charge in [-0.1, -0.05) is 75.1 Å². The highest BCUT2D eigenvalue weighted by Crippen LogP contribution is 2.32. The molecule has 1 aromatic rings. The van der Waals surface area contributed by atoms with Crippen molar-refractivity contribution in [1.29, 1.82) is 0 Å².